The van der Waals surface area contributed by atoms with Crippen LogP contribution in [0, 0.1) is 0 Å². The number of hydrogen-bond acceptors (Lipinski definition) is 10. The van der Waals surface area contributed by atoms with Crippen LogP contribution >= 0.6 is 0 Å². The summed E-state index contributed by atoms with van der Waals surface area (Å²) < 4.78 is 32.6. The molecule has 0 amide bonds. The van der Waals surface area contributed by atoms with E-state index in [2.05, 4.69) is 0 Å². The van der Waals surface area contributed by atoms with E-state index < -0.39 is 41.8 Å². The molecule has 0 saturated carbocycles. The SMILES string of the molecule is CC=C(C)C(=O)OC(c1cc(OC)c2c(c1)OCO2)C(C)OC(=O)C(C)(O)C(C)OC(=O)CCC. The van der Waals surface area contributed by atoms with Gasteiger partial charge in [-0.1, -0.05) is 13.0 Å². The van der Waals surface area contributed by atoms with Crippen LogP contribution < -0.4 is 14.2 Å². The summed E-state index contributed by atoms with van der Waals surface area (Å²) in [7, 11) is 1.45. The van der Waals surface area contributed by atoms with Gasteiger partial charge in [0.2, 0.25) is 12.5 Å². The van der Waals surface area contributed by atoms with Gasteiger partial charge in [-0.15, -0.1) is 0 Å². The van der Waals surface area contributed by atoms with Crippen molar-refractivity contribution in [3.63, 3.8) is 0 Å². The molecule has 2 rings (SSSR count). The van der Waals surface area contributed by atoms with Crippen molar-refractivity contribution in [2.75, 3.05) is 13.9 Å². The topological polar surface area (TPSA) is 127 Å². The van der Waals surface area contributed by atoms with Crippen molar-refractivity contribution >= 4 is 17.9 Å². The van der Waals surface area contributed by atoms with Crippen LogP contribution in [0.25, 0.3) is 0 Å². The lowest BCUT2D eigenvalue weighted by molar-refractivity contribution is -0.193. The van der Waals surface area contributed by atoms with E-state index in [1.807, 2.05) is 6.92 Å². The Morgan fingerprint density at radius 2 is 1.86 bits per heavy atom. The molecule has 1 aromatic rings. The number of allylic oxidation sites excluding steroid dienone is 1. The molecule has 0 saturated heterocycles. The number of carbonyl (C=O) groups is 3. The van der Waals surface area contributed by atoms with Gasteiger partial charge in [0.25, 0.3) is 0 Å². The van der Waals surface area contributed by atoms with Gasteiger partial charge in [0.15, 0.2) is 23.2 Å². The van der Waals surface area contributed by atoms with E-state index in [1.165, 1.54) is 27.9 Å². The molecule has 35 heavy (non-hydrogen) atoms. The van der Waals surface area contributed by atoms with Gasteiger partial charge < -0.3 is 33.5 Å². The van der Waals surface area contributed by atoms with E-state index in [4.69, 9.17) is 28.4 Å². The molecule has 0 bridgehead atoms. The molecule has 1 aromatic carbocycles. The minimum absolute atomic E-state index is 0.000667. The van der Waals surface area contributed by atoms with E-state index >= 15 is 0 Å². The second-order valence-corrected chi connectivity index (χ2v) is 8.39. The molecule has 0 aromatic heterocycles. The van der Waals surface area contributed by atoms with Crippen molar-refractivity contribution in [3.8, 4) is 17.2 Å². The van der Waals surface area contributed by atoms with Crippen molar-refractivity contribution in [2.24, 2.45) is 0 Å². The van der Waals surface area contributed by atoms with E-state index in [-0.39, 0.29) is 13.2 Å². The second kappa shape index (κ2) is 11.9. The first-order valence-electron chi connectivity index (χ1n) is 11.4. The number of carbonyl (C=O) groups excluding carboxylic acids is 3. The molecule has 0 radical (unpaired) electrons. The van der Waals surface area contributed by atoms with Gasteiger partial charge in [-0.25, -0.2) is 9.59 Å². The molecule has 0 spiro atoms. The van der Waals surface area contributed by atoms with Crippen molar-refractivity contribution in [1.29, 1.82) is 0 Å². The molecule has 10 heteroatoms. The smallest absolute Gasteiger partial charge is 0.342 e. The Kier molecular flexibility index (Phi) is 9.53. The first-order chi connectivity index (χ1) is 16.5. The summed E-state index contributed by atoms with van der Waals surface area (Å²) in [5.74, 6) is -1.07. The number of aliphatic hydroxyl groups is 1. The average Bonchev–Trinajstić information content (AvgIpc) is 3.29. The largest absolute Gasteiger partial charge is 0.493 e. The maximum atomic E-state index is 12.9. The third-order valence-corrected chi connectivity index (χ3v) is 5.68. The number of benzene rings is 1. The Morgan fingerprint density at radius 1 is 1.17 bits per heavy atom. The molecule has 4 atom stereocenters. The van der Waals surface area contributed by atoms with Gasteiger partial charge in [0.05, 0.1) is 7.11 Å². The highest BCUT2D eigenvalue weighted by Crippen LogP contribution is 2.44. The first kappa shape index (κ1) is 28.0. The Labute approximate surface area is 205 Å². The van der Waals surface area contributed by atoms with Crippen LogP contribution in [-0.2, 0) is 28.6 Å². The first-order valence-corrected chi connectivity index (χ1v) is 11.4. The molecule has 1 N–H and O–H groups in total. The van der Waals surface area contributed by atoms with Crippen LogP contribution in [0.3, 0.4) is 0 Å². The van der Waals surface area contributed by atoms with Crippen LogP contribution in [0.15, 0.2) is 23.8 Å². The normalized spacial score (nSPS) is 17.0. The zero-order chi connectivity index (χ0) is 26.3. The van der Waals surface area contributed by atoms with Crippen molar-refractivity contribution in [2.45, 2.75) is 78.3 Å². The second-order valence-electron chi connectivity index (χ2n) is 8.39. The fourth-order valence-electron chi connectivity index (χ4n) is 3.17. The molecule has 0 aliphatic carbocycles. The monoisotopic (exact) mass is 494 g/mol. The highest BCUT2D eigenvalue weighted by atomic mass is 16.7. The molecule has 4 unspecified atom stereocenters. The summed E-state index contributed by atoms with van der Waals surface area (Å²) in [6.45, 7) is 9.20. The third kappa shape index (κ3) is 6.66. The van der Waals surface area contributed by atoms with E-state index in [1.54, 1.807) is 32.1 Å². The lowest BCUT2D eigenvalue weighted by Gasteiger charge is -2.31. The number of ether oxygens (including phenoxy) is 6. The van der Waals surface area contributed by atoms with Crippen LogP contribution in [0.5, 0.6) is 17.2 Å². The van der Waals surface area contributed by atoms with Gasteiger partial charge in [-0.05, 0) is 53.2 Å². The molecule has 10 nitrogen and oxygen atoms in total. The number of methoxy groups -OCH3 is 1. The van der Waals surface area contributed by atoms with E-state index in [0.29, 0.717) is 34.8 Å². The minimum atomic E-state index is -2.14. The molecule has 1 aliphatic heterocycles. The number of hydrogen-bond donors (Lipinski definition) is 1. The van der Waals surface area contributed by atoms with Crippen LogP contribution in [0.4, 0.5) is 0 Å². The van der Waals surface area contributed by atoms with Crippen LogP contribution in [0.1, 0.15) is 66.1 Å². The van der Waals surface area contributed by atoms with E-state index in [0.717, 1.165) is 0 Å². The molecular weight excluding hydrogens is 460 g/mol. The van der Waals surface area contributed by atoms with Gasteiger partial charge >= 0.3 is 17.9 Å². The maximum Gasteiger partial charge on any atom is 0.342 e. The Balaban J connectivity index is 2.32. The summed E-state index contributed by atoms with van der Waals surface area (Å²) >= 11 is 0. The van der Waals surface area contributed by atoms with Crippen molar-refractivity contribution in [1.82, 2.24) is 0 Å². The lowest BCUT2D eigenvalue weighted by atomic mass is 9.99. The molecule has 0 fully saturated rings. The van der Waals surface area contributed by atoms with Gasteiger partial charge in [0, 0.05) is 17.6 Å². The molecule has 194 valence electrons. The Hall–Kier alpha value is -3.27. The maximum absolute atomic E-state index is 12.9. The number of esters is 3. The Bertz CT molecular complexity index is 965. The zero-order valence-corrected chi connectivity index (χ0v) is 21.2. The van der Waals surface area contributed by atoms with Crippen LogP contribution in [0.2, 0.25) is 0 Å². The molecule has 1 aliphatic rings. The van der Waals surface area contributed by atoms with Crippen molar-refractivity contribution in [3.05, 3.63) is 29.3 Å². The van der Waals surface area contributed by atoms with Crippen molar-refractivity contribution < 1.29 is 47.9 Å². The van der Waals surface area contributed by atoms with E-state index in [9.17, 15) is 19.5 Å². The number of fused-ring (bicyclic) bond motifs is 1. The lowest BCUT2D eigenvalue weighted by Crippen LogP contribution is -2.49. The minimum Gasteiger partial charge on any atom is -0.493 e. The predicted molar refractivity (Wildman–Crippen MR) is 124 cm³/mol. The summed E-state index contributed by atoms with van der Waals surface area (Å²) in [6.07, 6.45) is -0.997. The number of rotatable bonds is 11. The quantitative estimate of drug-likeness (QED) is 0.278. The van der Waals surface area contributed by atoms with Gasteiger partial charge in [-0.2, -0.15) is 0 Å². The third-order valence-electron chi connectivity index (χ3n) is 5.68. The summed E-state index contributed by atoms with van der Waals surface area (Å²) in [4.78, 5) is 37.3. The fourth-order valence-corrected chi connectivity index (χ4v) is 3.17. The standard InChI is InChI=1S/C25H34O10/c1-8-10-20(26)34-16(5)25(6,29)24(28)33-15(4)21(35-23(27)14(3)9-2)17-11-18(30-7)22-19(12-17)31-13-32-22/h9,11-12,15-16,21,29H,8,10,13H2,1-7H3. The zero-order valence-electron chi connectivity index (χ0n) is 21.2. The summed E-state index contributed by atoms with van der Waals surface area (Å²) in [6, 6.07) is 3.19. The Morgan fingerprint density at radius 3 is 2.46 bits per heavy atom. The summed E-state index contributed by atoms with van der Waals surface area (Å²) in [5, 5.41) is 10.8. The predicted octanol–water partition coefficient (Wildman–Crippen LogP) is 3.39. The molecule has 1 heterocycles. The van der Waals surface area contributed by atoms with Gasteiger partial charge in [0.1, 0.15) is 12.2 Å². The highest BCUT2D eigenvalue weighted by molar-refractivity contribution is 5.88. The highest BCUT2D eigenvalue weighted by Gasteiger charge is 2.43. The van der Waals surface area contributed by atoms with Crippen LogP contribution in [-0.4, -0.2) is 54.7 Å². The van der Waals surface area contributed by atoms with Gasteiger partial charge in [-0.3, -0.25) is 4.79 Å². The fraction of sp³-hybridized carbons (Fsp3) is 0.560. The molecular formula is C25H34O10. The average molecular weight is 495 g/mol. The summed E-state index contributed by atoms with van der Waals surface area (Å²) in [5.41, 5.74) is -1.37.